The minimum Gasteiger partial charge on any atom is -0.310 e. The predicted octanol–water partition coefficient (Wildman–Crippen LogP) is 20.4. The Bertz CT molecular complexity index is 3990. The first-order valence-electron chi connectivity index (χ1n) is 26.6. The Kier molecular flexibility index (Phi) is 10.2. The zero-order valence-electron chi connectivity index (χ0n) is 44.0. The van der Waals surface area contributed by atoms with Crippen molar-refractivity contribution in [1.82, 2.24) is 0 Å². The van der Waals surface area contributed by atoms with Crippen molar-refractivity contribution < 1.29 is 0 Å². The highest BCUT2D eigenvalue weighted by molar-refractivity contribution is 8.00. The molecule has 2 aliphatic heterocycles. The summed E-state index contributed by atoms with van der Waals surface area (Å²) < 4.78 is 0. The third-order valence-corrected chi connectivity index (χ3v) is 20.1. The summed E-state index contributed by atoms with van der Waals surface area (Å²) in [6.45, 7) is 19.2. The van der Waals surface area contributed by atoms with E-state index in [-0.39, 0.29) is 21.7 Å². The van der Waals surface area contributed by atoms with Crippen LogP contribution in [-0.4, -0.2) is 0 Å². The quantitative estimate of drug-likeness (QED) is 0.163. The molecule has 4 aliphatic rings. The molecule has 0 bridgehead atoms. The molecule has 10 aromatic rings. The van der Waals surface area contributed by atoms with E-state index in [2.05, 4.69) is 273 Å². The molecule has 3 heteroatoms. The zero-order chi connectivity index (χ0) is 51.2. The monoisotopic (exact) mass is 1000 g/mol. The average molecular weight is 1000 g/mol. The van der Waals surface area contributed by atoms with Crippen molar-refractivity contribution in [3.63, 3.8) is 0 Å². The molecule has 10 aromatic carbocycles. The average Bonchev–Trinajstić information content (AvgIpc) is 3.95. The first-order valence-corrected chi connectivity index (χ1v) is 28.2. The summed E-state index contributed by atoms with van der Waals surface area (Å²) in [6.07, 6.45) is 0. The summed E-state index contributed by atoms with van der Waals surface area (Å²) in [7, 11) is 0. The SMILES string of the molecule is CC1(C)c2ccccc2Sc2c1ccc1c2-c2ccc(N(c3ccc(-c4cccc(-c5ccccc5)c4)cc3)c3ccc(-c4cccc5c4Sc4c(ccc6c4-c4ccccc4C6(C)C)C5(C)C)cc3)cc2C1(C)C. The highest BCUT2D eigenvalue weighted by atomic mass is 32.2. The van der Waals surface area contributed by atoms with Crippen molar-refractivity contribution in [2.75, 3.05) is 4.90 Å². The van der Waals surface area contributed by atoms with Crippen LogP contribution in [-0.2, 0) is 21.7 Å². The van der Waals surface area contributed by atoms with Crippen molar-refractivity contribution in [1.29, 1.82) is 0 Å². The van der Waals surface area contributed by atoms with Crippen LogP contribution in [0, 0.1) is 0 Å². The van der Waals surface area contributed by atoms with Gasteiger partial charge in [-0.1, -0.05) is 243 Å². The highest BCUT2D eigenvalue weighted by Crippen LogP contribution is 2.62. The van der Waals surface area contributed by atoms with Gasteiger partial charge in [-0.25, -0.2) is 0 Å². The van der Waals surface area contributed by atoms with E-state index in [1.54, 1.807) is 0 Å². The van der Waals surface area contributed by atoms with Gasteiger partial charge in [-0.05, 0) is 138 Å². The molecule has 0 atom stereocenters. The van der Waals surface area contributed by atoms with E-state index in [1.165, 1.54) is 120 Å². The van der Waals surface area contributed by atoms with Gasteiger partial charge in [0.05, 0.1) is 0 Å². The first kappa shape index (κ1) is 46.2. The van der Waals surface area contributed by atoms with Gasteiger partial charge in [0.25, 0.3) is 0 Å². The number of hydrogen-bond acceptors (Lipinski definition) is 3. The minimum atomic E-state index is -0.199. The Morgan fingerprint density at radius 3 is 1.39 bits per heavy atom. The van der Waals surface area contributed by atoms with Gasteiger partial charge in [-0.15, -0.1) is 0 Å². The lowest BCUT2D eigenvalue weighted by molar-refractivity contribution is 0.604. The number of benzene rings is 10. The topological polar surface area (TPSA) is 3.24 Å². The van der Waals surface area contributed by atoms with E-state index in [0.29, 0.717) is 0 Å². The molecule has 0 radical (unpaired) electrons. The van der Waals surface area contributed by atoms with Gasteiger partial charge in [-0.3, -0.25) is 0 Å². The third-order valence-electron chi connectivity index (χ3n) is 17.6. The van der Waals surface area contributed by atoms with E-state index in [4.69, 9.17) is 0 Å². The van der Waals surface area contributed by atoms with Gasteiger partial charge in [-0.2, -0.15) is 0 Å². The molecule has 0 N–H and O–H groups in total. The van der Waals surface area contributed by atoms with Crippen LogP contribution < -0.4 is 4.90 Å². The van der Waals surface area contributed by atoms with Crippen LogP contribution in [0.1, 0.15) is 99.9 Å². The van der Waals surface area contributed by atoms with Crippen molar-refractivity contribution in [2.24, 2.45) is 0 Å². The largest absolute Gasteiger partial charge is 0.310 e. The summed E-state index contributed by atoms with van der Waals surface area (Å²) >= 11 is 3.93. The number of anilines is 3. The summed E-state index contributed by atoms with van der Waals surface area (Å²) in [5, 5.41) is 0. The Balaban J connectivity index is 0.878. The van der Waals surface area contributed by atoms with Crippen molar-refractivity contribution in [3.05, 3.63) is 257 Å². The molecular weight excluding hydrogens is 943 g/mol. The van der Waals surface area contributed by atoms with Crippen molar-refractivity contribution in [2.45, 2.75) is 96.6 Å². The summed E-state index contributed by atoms with van der Waals surface area (Å²) in [5.41, 5.74) is 27.0. The Labute approximate surface area is 451 Å². The van der Waals surface area contributed by atoms with E-state index in [0.717, 1.165) is 17.1 Å². The third kappa shape index (κ3) is 6.86. The predicted molar refractivity (Wildman–Crippen MR) is 318 cm³/mol. The zero-order valence-corrected chi connectivity index (χ0v) is 45.6. The Morgan fingerprint density at radius 2 is 0.707 bits per heavy atom. The van der Waals surface area contributed by atoms with Gasteiger partial charge >= 0.3 is 0 Å². The molecule has 14 rings (SSSR count). The minimum absolute atomic E-state index is 0.0534. The van der Waals surface area contributed by atoms with Crippen LogP contribution in [0.25, 0.3) is 55.6 Å². The number of nitrogens with zero attached hydrogens (tertiary/aromatic N) is 1. The number of hydrogen-bond donors (Lipinski definition) is 0. The Hall–Kier alpha value is -7.30. The molecule has 0 saturated carbocycles. The maximum Gasteiger partial charge on any atom is 0.0465 e. The highest BCUT2D eigenvalue weighted by Gasteiger charge is 2.44. The van der Waals surface area contributed by atoms with Crippen LogP contribution in [0.3, 0.4) is 0 Å². The summed E-state index contributed by atoms with van der Waals surface area (Å²) in [4.78, 5) is 7.99. The lowest BCUT2D eigenvalue weighted by Crippen LogP contribution is -2.25. The van der Waals surface area contributed by atoms with Crippen molar-refractivity contribution in [3.8, 4) is 55.6 Å². The molecule has 0 unspecified atom stereocenters. The van der Waals surface area contributed by atoms with E-state index < -0.39 is 0 Å². The van der Waals surface area contributed by atoms with Crippen LogP contribution in [0.5, 0.6) is 0 Å². The van der Waals surface area contributed by atoms with Gasteiger partial charge in [0.1, 0.15) is 0 Å². The Morgan fingerprint density at radius 1 is 0.267 bits per heavy atom. The molecule has 0 fully saturated rings. The lowest BCUT2D eigenvalue weighted by Gasteiger charge is -2.37. The normalized spacial score (nSPS) is 16.1. The van der Waals surface area contributed by atoms with E-state index >= 15 is 0 Å². The molecular formula is C72H59NS2. The molecule has 0 spiro atoms. The van der Waals surface area contributed by atoms with Crippen LogP contribution >= 0.6 is 23.5 Å². The van der Waals surface area contributed by atoms with Crippen LogP contribution in [0.15, 0.2) is 232 Å². The molecule has 2 heterocycles. The fourth-order valence-corrected chi connectivity index (χ4v) is 16.6. The number of rotatable bonds is 6. The van der Waals surface area contributed by atoms with Crippen LogP contribution in [0.4, 0.5) is 17.1 Å². The molecule has 2 aliphatic carbocycles. The van der Waals surface area contributed by atoms with Gasteiger partial charge in [0.2, 0.25) is 0 Å². The fourth-order valence-electron chi connectivity index (χ4n) is 13.4. The van der Waals surface area contributed by atoms with Gasteiger partial charge < -0.3 is 4.90 Å². The van der Waals surface area contributed by atoms with Crippen molar-refractivity contribution >= 4 is 40.6 Å². The lowest BCUT2D eigenvalue weighted by atomic mass is 9.75. The molecule has 75 heavy (non-hydrogen) atoms. The molecule has 0 aromatic heterocycles. The fraction of sp³-hybridized carbons (Fsp3) is 0.167. The van der Waals surface area contributed by atoms with E-state index in [9.17, 15) is 0 Å². The second-order valence-electron chi connectivity index (χ2n) is 23.3. The number of fused-ring (bicyclic) bond motifs is 12. The van der Waals surface area contributed by atoms with Gasteiger partial charge in [0, 0.05) is 69.4 Å². The maximum absolute atomic E-state index is 2.49. The second kappa shape index (κ2) is 16.6. The molecule has 1 nitrogen and oxygen atoms in total. The summed E-state index contributed by atoms with van der Waals surface area (Å²) in [5.74, 6) is 0. The molecule has 0 saturated heterocycles. The second-order valence-corrected chi connectivity index (χ2v) is 25.3. The molecule has 0 amide bonds. The molecule has 364 valence electrons. The van der Waals surface area contributed by atoms with Gasteiger partial charge in [0.15, 0.2) is 0 Å². The first-order chi connectivity index (χ1) is 36.2. The van der Waals surface area contributed by atoms with Crippen LogP contribution in [0.2, 0.25) is 0 Å². The standard InChI is InChI=1S/C72H59NS2/c1-69(2)55-24-13-12-22-53(55)64-57(69)38-41-61-68(64)75-66-52(23-17-26-59(66)72(61,7)8)46-30-34-50(35-31-46)73(49-32-28-45(29-33-49)48-21-16-20-47(42-48)44-18-10-9-11-19-44)51-36-37-54-62(43-51)71(5,6)58-39-40-60-67(65(54)58)74-63-27-15-14-25-56(63)70(60,3)4/h9-43H,1-8H3. The smallest absolute Gasteiger partial charge is 0.0465 e. The maximum atomic E-state index is 2.49. The summed E-state index contributed by atoms with van der Waals surface area (Å²) in [6, 6.07) is 80.2. The van der Waals surface area contributed by atoms with E-state index in [1.807, 2.05) is 23.5 Å².